The van der Waals surface area contributed by atoms with Gasteiger partial charge in [0.2, 0.25) is 0 Å². The first-order valence-corrected chi connectivity index (χ1v) is 11.8. The predicted molar refractivity (Wildman–Crippen MR) is 138 cm³/mol. The lowest BCUT2D eigenvalue weighted by Gasteiger charge is -2.36. The van der Waals surface area contributed by atoms with Gasteiger partial charge in [-0.15, -0.1) is 0 Å². The number of benzene rings is 3. The van der Waals surface area contributed by atoms with Crippen LogP contribution in [0.25, 0.3) is 0 Å². The van der Waals surface area contributed by atoms with Crippen LogP contribution in [0.2, 0.25) is 0 Å². The largest absolute Gasteiger partial charge is 0.491 e. The van der Waals surface area contributed by atoms with Crippen LogP contribution in [-0.2, 0) is 6.54 Å². The number of carbonyl (C=O) groups excluding carboxylic acids is 1. The molecule has 0 bridgehead atoms. The van der Waals surface area contributed by atoms with Gasteiger partial charge in [-0.05, 0) is 73.5 Å². The zero-order chi connectivity index (χ0) is 23.8. The fourth-order valence-electron chi connectivity index (χ4n) is 3.96. The van der Waals surface area contributed by atoms with Gasteiger partial charge in [0, 0.05) is 44.0 Å². The number of para-hydroxylation sites is 1. The number of hydrogen-bond donors (Lipinski definition) is 1. The summed E-state index contributed by atoms with van der Waals surface area (Å²) in [5.41, 5.74) is 6.57. The maximum atomic E-state index is 12.4. The number of hydrogen-bond acceptors (Lipinski definition) is 5. The smallest absolute Gasteiger partial charge is 0.271 e. The topological polar surface area (TPSA) is 57.2 Å². The van der Waals surface area contributed by atoms with Crippen molar-refractivity contribution in [3.63, 3.8) is 0 Å². The van der Waals surface area contributed by atoms with Gasteiger partial charge in [0.15, 0.2) is 0 Å². The van der Waals surface area contributed by atoms with E-state index in [0.29, 0.717) is 5.56 Å². The third-order valence-corrected chi connectivity index (χ3v) is 5.75. The Bertz CT molecular complexity index is 1070. The molecule has 0 aromatic heterocycles. The number of hydrazone groups is 1. The second-order valence-electron chi connectivity index (χ2n) is 8.73. The fourth-order valence-corrected chi connectivity index (χ4v) is 3.96. The summed E-state index contributed by atoms with van der Waals surface area (Å²) in [5.74, 6) is 0.591. The van der Waals surface area contributed by atoms with E-state index in [-0.39, 0.29) is 12.0 Å². The maximum absolute atomic E-state index is 12.4. The van der Waals surface area contributed by atoms with Crippen LogP contribution in [0.5, 0.6) is 5.75 Å². The SMILES string of the molecule is CC(C)Oc1ccc(/C=N\NC(=O)c2ccc(CN3CCN(c4ccccc4)CC3)cc2)cc1. The molecule has 0 spiro atoms. The Labute approximate surface area is 201 Å². The third-order valence-electron chi connectivity index (χ3n) is 5.75. The highest BCUT2D eigenvalue weighted by atomic mass is 16.5. The molecule has 1 fully saturated rings. The Morgan fingerprint density at radius 2 is 1.62 bits per heavy atom. The summed E-state index contributed by atoms with van der Waals surface area (Å²) >= 11 is 0. The molecule has 1 N–H and O–H groups in total. The minimum Gasteiger partial charge on any atom is -0.491 e. The van der Waals surface area contributed by atoms with Gasteiger partial charge in [-0.1, -0.05) is 30.3 Å². The summed E-state index contributed by atoms with van der Waals surface area (Å²) in [4.78, 5) is 17.3. The van der Waals surface area contributed by atoms with Gasteiger partial charge in [-0.3, -0.25) is 9.69 Å². The number of rotatable bonds is 8. The van der Waals surface area contributed by atoms with Crippen molar-refractivity contribution in [1.29, 1.82) is 0 Å². The monoisotopic (exact) mass is 456 g/mol. The van der Waals surface area contributed by atoms with Crippen LogP contribution in [0.3, 0.4) is 0 Å². The van der Waals surface area contributed by atoms with E-state index in [9.17, 15) is 4.79 Å². The van der Waals surface area contributed by atoms with E-state index < -0.39 is 0 Å². The Morgan fingerprint density at radius 1 is 0.941 bits per heavy atom. The van der Waals surface area contributed by atoms with Gasteiger partial charge >= 0.3 is 0 Å². The number of nitrogens with zero attached hydrogens (tertiary/aromatic N) is 3. The first-order chi connectivity index (χ1) is 16.6. The Hall–Kier alpha value is -3.64. The predicted octanol–water partition coefficient (Wildman–Crippen LogP) is 4.56. The molecule has 1 aliphatic rings. The van der Waals surface area contributed by atoms with Crippen molar-refractivity contribution < 1.29 is 9.53 Å². The summed E-state index contributed by atoms with van der Waals surface area (Å²) < 4.78 is 5.63. The lowest BCUT2D eigenvalue weighted by Crippen LogP contribution is -2.45. The molecule has 1 amide bonds. The average molecular weight is 457 g/mol. The quantitative estimate of drug-likeness (QED) is 0.399. The van der Waals surface area contributed by atoms with Crippen LogP contribution < -0.4 is 15.1 Å². The molecule has 0 atom stereocenters. The molecular formula is C28H32N4O2. The van der Waals surface area contributed by atoms with Crippen molar-refractivity contribution in [1.82, 2.24) is 10.3 Å². The van der Waals surface area contributed by atoms with Crippen molar-refractivity contribution in [2.24, 2.45) is 5.10 Å². The molecule has 1 saturated heterocycles. The molecule has 0 aliphatic carbocycles. The van der Waals surface area contributed by atoms with E-state index in [2.05, 4.69) is 50.7 Å². The van der Waals surface area contributed by atoms with E-state index in [1.165, 1.54) is 11.3 Å². The number of amides is 1. The summed E-state index contributed by atoms with van der Waals surface area (Å²) in [6.45, 7) is 8.97. The minimum absolute atomic E-state index is 0.134. The van der Waals surface area contributed by atoms with Crippen LogP contribution in [0.4, 0.5) is 5.69 Å². The molecule has 6 heteroatoms. The highest BCUT2D eigenvalue weighted by Gasteiger charge is 2.17. The lowest BCUT2D eigenvalue weighted by atomic mass is 10.1. The van der Waals surface area contributed by atoms with E-state index >= 15 is 0 Å². The standard InChI is InChI=1S/C28H32N4O2/c1-22(2)34-27-14-10-23(11-15-27)20-29-30-28(33)25-12-8-24(9-13-25)21-31-16-18-32(19-17-31)26-6-4-3-5-7-26/h3-15,20,22H,16-19,21H2,1-2H3,(H,30,33)/b29-20-. The molecule has 6 nitrogen and oxygen atoms in total. The van der Waals surface area contributed by atoms with Crippen molar-refractivity contribution in [3.8, 4) is 5.75 Å². The summed E-state index contributed by atoms with van der Waals surface area (Å²) in [6, 6.07) is 25.9. The molecule has 1 aliphatic heterocycles. The van der Waals surface area contributed by atoms with E-state index in [1.54, 1.807) is 6.21 Å². The Kier molecular flexibility index (Phi) is 7.94. The number of ether oxygens (including phenoxy) is 1. The van der Waals surface area contributed by atoms with E-state index in [1.807, 2.05) is 62.4 Å². The molecule has 4 rings (SSSR count). The first kappa shape index (κ1) is 23.5. The fraction of sp³-hybridized carbons (Fsp3) is 0.286. The van der Waals surface area contributed by atoms with Crippen LogP contribution in [-0.4, -0.2) is 49.3 Å². The second-order valence-corrected chi connectivity index (χ2v) is 8.73. The number of nitrogens with one attached hydrogen (secondary N) is 1. The summed E-state index contributed by atoms with van der Waals surface area (Å²) in [6.07, 6.45) is 1.76. The van der Waals surface area contributed by atoms with Crippen LogP contribution in [0.1, 0.15) is 35.3 Å². The molecule has 0 radical (unpaired) electrons. The third kappa shape index (κ3) is 6.68. The zero-order valence-corrected chi connectivity index (χ0v) is 19.9. The van der Waals surface area contributed by atoms with Crippen molar-refractivity contribution in [3.05, 3.63) is 95.6 Å². The molecular weight excluding hydrogens is 424 g/mol. The molecule has 1 heterocycles. The first-order valence-electron chi connectivity index (χ1n) is 11.8. The van der Waals surface area contributed by atoms with Crippen molar-refractivity contribution in [2.45, 2.75) is 26.5 Å². The van der Waals surface area contributed by atoms with Gasteiger partial charge in [-0.25, -0.2) is 5.43 Å². The summed E-state index contributed by atoms with van der Waals surface area (Å²) in [7, 11) is 0. The van der Waals surface area contributed by atoms with Crippen LogP contribution in [0, 0.1) is 0 Å². The molecule has 0 saturated carbocycles. The lowest BCUT2D eigenvalue weighted by molar-refractivity contribution is 0.0955. The number of piperazine rings is 1. The van der Waals surface area contributed by atoms with Gasteiger partial charge in [0.1, 0.15) is 5.75 Å². The highest BCUT2D eigenvalue weighted by molar-refractivity contribution is 5.94. The Morgan fingerprint density at radius 3 is 2.26 bits per heavy atom. The zero-order valence-electron chi connectivity index (χ0n) is 19.9. The second kappa shape index (κ2) is 11.5. The van der Waals surface area contributed by atoms with Crippen molar-refractivity contribution >= 4 is 17.8 Å². The van der Waals surface area contributed by atoms with Gasteiger partial charge < -0.3 is 9.64 Å². The van der Waals surface area contributed by atoms with Gasteiger partial charge in [-0.2, -0.15) is 5.10 Å². The highest BCUT2D eigenvalue weighted by Crippen LogP contribution is 2.17. The van der Waals surface area contributed by atoms with E-state index in [0.717, 1.165) is 44.0 Å². The van der Waals surface area contributed by atoms with Crippen molar-refractivity contribution in [2.75, 3.05) is 31.1 Å². The normalized spacial score (nSPS) is 14.5. The minimum atomic E-state index is -0.223. The van der Waals surface area contributed by atoms with Gasteiger partial charge in [0.05, 0.1) is 12.3 Å². The number of anilines is 1. The molecule has 176 valence electrons. The van der Waals surface area contributed by atoms with E-state index in [4.69, 9.17) is 4.74 Å². The number of carbonyl (C=O) groups is 1. The van der Waals surface area contributed by atoms with Gasteiger partial charge in [0.25, 0.3) is 5.91 Å². The molecule has 3 aromatic carbocycles. The van der Waals surface area contributed by atoms with Crippen LogP contribution in [0.15, 0.2) is 84.0 Å². The Balaban J connectivity index is 1.23. The molecule has 0 unspecified atom stereocenters. The summed E-state index contributed by atoms with van der Waals surface area (Å²) in [5, 5.41) is 4.08. The average Bonchev–Trinajstić information content (AvgIpc) is 2.86. The molecule has 3 aromatic rings. The van der Waals surface area contributed by atoms with Crippen LogP contribution >= 0.6 is 0 Å². The molecule has 34 heavy (non-hydrogen) atoms. The maximum Gasteiger partial charge on any atom is 0.271 e.